The first kappa shape index (κ1) is 9.79. The van der Waals surface area contributed by atoms with Crippen molar-refractivity contribution in [1.82, 2.24) is 15.9 Å². The predicted octanol–water partition coefficient (Wildman–Crippen LogP) is 0.457. The van der Waals surface area contributed by atoms with Gasteiger partial charge >= 0.3 is 0 Å². The molecule has 0 aromatic heterocycles. The fourth-order valence-electron chi connectivity index (χ4n) is 1.51. The summed E-state index contributed by atoms with van der Waals surface area (Å²) in [5.74, 6) is 0.568. The summed E-state index contributed by atoms with van der Waals surface area (Å²) in [5, 5.41) is 6.50. The highest BCUT2D eigenvalue weighted by atomic mass is 32.2. The Labute approximate surface area is 87.3 Å². The Kier molecular flexibility index (Phi) is 2.40. The van der Waals surface area contributed by atoms with E-state index in [2.05, 4.69) is 29.8 Å². The van der Waals surface area contributed by atoms with E-state index in [9.17, 15) is 4.79 Å². The van der Waals surface area contributed by atoms with E-state index in [-0.39, 0.29) is 11.6 Å². The molecule has 0 aromatic rings. The molecule has 2 rings (SSSR count). The molecule has 0 atom stereocenters. The highest BCUT2D eigenvalue weighted by Gasteiger charge is 2.39. The number of thioether (sulfide) groups is 1. The summed E-state index contributed by atoms with van der Waals surface area (Å²) in [6.45, 7) is 4.13. The average Bonchev–Trinajstić information content (AvgIpc) is 2.60. The van der Waals surface area contributed by atoms with Crippen LogP contribution in [0.25, 0.3) is 0 Å². The van der Waals surface area contributed by atoms with Crippen LogP contribution in [0, 0.1) is 0 Å². The minimum Gasteiger partial charge on any atom is -0.286 e. The van der Waals surface area contributed by atoms with Crippen molar-refractivity contribution in [2.45, 2.75) is 32.4 Å². The maximum Gasteiger partial charge on any atom is 0.253 e. The molecule has 2 N–H and O–H groups in total. The second-order valence-electron chi connectivity index (χ2n) is 3.43. The van der Waals surface area contributed by atoms with Gasteiger partial charge in [0.1, 0.15) is 5.66 Å². The zero-order valence-electron chi connectivity index (χ0n) is 8.33. The topological polar surface area (TPSA) is 56.7 Å². The lowest BCUT2D eigenvalue weighted by atomic mass is 10.1. The minimum atomic E-state index is -0.260. The van der Waals surface area contributed by atoms with Gasteiger partial charge in [-0.3, -0.25) is 10.2 Å². The lowest BCUT2D eigenvalue weighted by Crippen LogP contribution is -2.65. The van der Waals surface area contributed by atoms with Gasteiger partial charge in [0.2, 0.25) is 5.17 Å². The van der Waals surface area contributed by atoms with Gasteiger partial charge in [0, 0.05) is 0 Å². The fourth-order valence-corrected chi connectivity index (χ4v) is 2.28. The molecular formula is C8H14N4OS. The third kappa shape index (κ3) is 1.38. The SMILES string of the molecule is CCC1(CC)NN=C2SCC(=O)N2N1. The predicted molar refractivity (Wildman–Crippen MR) is 56.3 cm³/mol. The summed E-state index contributed by atoms with van der Waals surface area (Å²) in [4.78, 5) is 11.5. The number of amides is 1. The van der Waals surface area contributed by atoms with Crippen LogP contribution >= 0.6 is 11.8 Å². The Morgan fingerprint density at radius 3 is 2.93 bits per heavy atom. The Hall–Kier alpha value is -0.750. The van der Waals surface area contributed by atoms with Crippen molar-refractivity contribution in [2.24, 2.45) is 5.10 Å². The summed E-state index contributed by atoms with van der Waals surface area (Å²) in [6, 6.07) is 0. The van der Waals surface area contributed by atoms with Gasteiger partial charge in [-0.05, 0) is 12.8 Å². The summed E-state index contributed by atoms with van der Waals surface area (Å²) in [5.41, 5.74) is 6.03. The first-order valence-corrected chi connectivity index (χ1v) is 5.78. The van der Waals surface area contributed by atoms with Crippen LogP contribution in [0.3, 0.4) is 0 Å². The van der Waals surface area contributed by atoms with Crippen molar-refractivity contribution in [1.29, 1.82) is 0 Å². The molecule has 0 aromatic carbocycles. The lowest BCUT2D eigenvalue weighted by molar-refractivity contribution is -0.128. The first-order valence-electron chi connectivity index (χ1n) is 4.79. The molecule has 0 unspecified atom stereocenters. The molecule has 0 aliphatic carbocycles. The number of nitrogens with one attached hydrogen (secondary N) is 2. The van der Waals surface area contributed by atoms with Crippen LogP contribution < -0.4 is 10.9 Å². The number of carbonyl (C=O) groups excluding carboxylic acids is 1. The van der Waals surface area contributed by atoms with Crippen molar-refractivity contribution in [3.63, 3.8) is 0 Å². The van der Waals surface area contributed by atoms with Gasteiger partial charge in [0.25, 0.3) is 5.91 Å². The van der Waals surface area contributed by atoms with E-state index in [1.807, 2.05) is 0 Å². The summed E-state index contributed by atoms with van der Waals surface area (Å²) in [7, 11) is 0. The number of hydrazone groups is 1. The molecule has 5 nitrogen and oxygen atoms in total. The molecule has 2 aliphatic heterocycles. The van der Waals surface area contributed by atoms with Gasteiger partial charge < -0.3 is 0 Å². The van der Waals surface area contributed by atoms with Crippen molar-refractivity contribution in [2.75, 3.05) is 5.75 Å². The standard InChI is InChI=1S/C8H14N4OS/c1-3-8(4-2)10-9-7-12(11-8)6(13)5-14-7/h10-11H,3-5H2,1-2H3. The molecule has 78 valence electrons. The molecule has 2 aliphatic rings. The third-order valence-electron chi connectivity index (χ3n) is 2.66. The number of hydrazine groups is 1. The number of fused-ring (bicyclic) bond motifs is 1. The van der Waals surface area contributed by atoms with Crippen LogP contribution in [0.2, 0.25) is 0 Å². The number of hydrogen-bond acceptors (Lipinski definition) is 5. The van der Waals surface area contributed by atoms with E-state index in [1.54, 1.807) is 5.01 Å². The van der Waals surface area contributed by atoms with E-state index < -0.39 is 0 Å². The van der Waals surface area contributed by atoms with E-state index in [0.29, 0.717) is 5.75 Å². The van der Waals surface area contributed by atoms with Gasteiger partial charge in [-0.1, -0.05) is 25.6 Å². The molecule has 6 heteroatoms. The van der Waals surface area contributed by atoms with Crippen LogP contribution in [0.15, 0.2) is 5.10 Å². The highest BCUT2D eigenvalue weighted by molar-refractivity contribution is 8.15. The summed E-state index contributed by atoms with van der Waals surface area (Å²) < 4.78 is 0. The van der Waals surface area contributed by atoms with E-state index in [4.69, 9.17) is 0 Å². The Morgan fingerprint density at radius 2 is 2.29 bits per heavy atom. The first-order chi connectivity index (χ1) is 6.71. The zero-order valence-corrected chi connectivity index (χ0v) is 9.15. The lowest BCUT2D eigenvalue weighted by Gasteiger charge is -2.39. The summed E-state index contributed by atoms with van der Waals surface area (Å²) in [6.07, 6.45) is 1.77. The van der Waals surface area contributed by atoms with Crippen LogP contribution in [0.4, 0.5) is 0 Å². The van der Waals surface area contributed by atoms with Gasteiger partial charge in [0.15, 0.2) is 0 Å². The minimum absolute atomic E-state index is 0.0847. The fraction of sp³-hybridized carbons (Fsp3) is 0.750. The van der Waals surface area contributed by atoms with E-state index in [0.717, 1.165) is 18.0 Å². The summed E-state index contributed by atoms with van der Waals surface area (Å²) >= 11 is 1.46. The number of carbonyl (C=O) groups is 1. The molecule has 0 saturated carbocycles. The number of nitrogens with zero attached hydrogens (tertiary/aromatic N) is 2. The quantitative estimate of drug-likeness (QED) is 0.701. The monoisotopic (exact) mass is 214 g/mol. The van der Waals surface area contributed by atoms with Crippen molar-refractivity contribution in [3.05, 3.63) is 0 Å². The largest absolute Gasteiger partial charge is 0.286 e. The second-order valence-corrected chi connectivity index (χ2v) is 4.37. The van der Waals surface area contributed by atoms with E-state index in [1.165, 1.54) is 11.8 Å². The Bertz CT molecular complexity index is 287. The Morgan fingerprint density at radius 1 is 1.57 bits per heavy atom. The molecule has 1 amide bonds. The van der Waals surface area contributed by atoms with Crippen LogP contribution in [-0.2, 0) is 4.79 Å². The molecule has 14 heavy (non-hydrogen) atoms. The number of hydrogen-bond donors (Lipinski definition) is 2. The second kappa shape index (κ2) is 3.43. The molecule has 0 radical (unpaired) electrons. The van der Waals surface area contributed by atoms with Crippen LogP contribution in [0.5, 0.6) is 0 Å². The van der Waals surface area contributed by atoms with Crippen LogP contribution in [-0.4, -0.2) is 27.5 Å². The molecule has 2 heterocycles. The average molecular weight is 214 g/mol. The van der Waals surface area contributed by atoms with Gasteiger partial charge in [-0.25, -0.2) is 5.01 Å². The molecule has 1 saturated heterocycles. The number of rotatable bonds is 2. The van der Waals surface area contributed by atoms with Crippen molar-refractivity contribution >= 4 is 22.8 Å². The Balaban J connectivity index is 2.22. The van der Waals surface area contributed by atoms with Crippen molar-refractivity contribution in [3.8, 4) is 0 Å². The van der Waals surface area contributed by atoms with Crippen molar-refractivity contribution < 1.29 is 4.79 Å². The molecular weight excluding hydrogens is 200 g/mol. The maximum absolute atomic E-state index is 11.5. The van der Waals surface area contributed by atoms with Gasteiger partial charge in [0.05, 0.1) is 5.75 Å². The normalized spacial score (nSPS) is 24.3. The zero-order chi connectivity index (χ0) is 10.2. The smallest absolute Gasteiger partial charge is 0.253 e. The molecule has 1 fully saturated rings. The molecule has 0 spiro atoms. The third-order valence-corrected chi connectivity index (χ3v) is 3.59. The maximum atomic E-state index is 11.5. The van der Waals surface area contributed by atoms with Gasteiger partial charge in [-0.15, -0.1) is 0 Å². The number of amidine groups is 1. The molecule has 0 bridgehead atoms. The van der Waals surface area contributed by atoms with Crippen LogP contribution in [0.1, 0.15) is 26.7 Å². The van der Waals surface area contributed by atoms with Gasteiger partial charge in [-0.2, -0.15) is 10.5 Å². The van der Waals surface area contributed by atoms with E-state index >= 15 is 0 Å². The highest BCUT2D eigenvalue weighted by Crippen LogP contribution is 2.24.